The largest absolute Gasteiger partial charge is 0.349 e. The van der Waals surface area contributed by atoms with E-state index in [1.807, 2.05) is 0 Å². The van der Waals surface area contributed by atoms with Crippen LogP contribution in [0, 0.1) is 17.8 Å². The van der Waals surface area contributed by atoms with Crippen molar-refractivity contribution >= 4 is 11.7 Å². The Kier molecular flexibility index (Phi) is 4.19. The fourth-order valence-corrected chi connectivity index (χ4v) is 3.47. The van der Waals surface area contributed by atoms with E-state index in [0.29, 0.717) is 0 Å². The lowest BCUT2D eigenvalue weighted by Gasteiger charge is -2.38. The molecular formula is C14H23NO2. The normalized spacial score (nSPS) is 32.6. The van der Waals surface area contributed by atoms with Gasteiger partial charge in [-0.15, -0.1) is 0 Å². The Balaban J connectivity index is 1.82. The molecule has 1 N–H and O–H groups in total. The molecule has 3 unspecified atom stereocenters. The van der Waals surface area contributed by atoms with Crippen LogP contribution in [0.15, 0.2) is 0 Å². The van der Waals surface area contributed by atoms with Crippen molar-refractivity contribution in [1.29, 1.82) is 0 Å². The molecule has 0 aromatic carbocycles. The summed E-state index contributed by atoms with van der Waals surface area (Å²) in [6.45, 7) is 1.71. The molecule has 0 aromatic heterocycles. The highest BCUT2D eigenvalue weighted by Crippen LogP contribution is 2.42. The third-order valence-electron chi connectivity index (χ3n) is 4.42. The van der Waals surface area contributed by atoms with Crippen LogP contribution in [-0.4, -0.2) is 18.2 Å². The maximum atomic E-state index is 11.9. The summed E-state index contributed by atoms with van der Waals surface area (Å²) >= 11 is 0. The minimum atomic E-state index is 0.0321. The van der Waals surface area contributed by atoms with Gasteiger partial charge in [-0.25, -0.2) is 0 Å². The molecule has 17 heavy (non-hydrogen) atoms. The third-order valence-corrected chi connectivity index (χ3v) is 4.42. The first-order valence-electron chi connectivity index (χ1n) is 6.94. The molecule has 0 aromatic rings. The van der Waals surface area contributed by atoms with Crippen LogP contribution in [0.3, 0.4) is 0 Å². The summed E-state index contributed by atoms with van der Waals surface area (Å²) in [6, 6.07) is 0. The van der Waals surface area contributed by atoms with Gasteiger partial charge in [-0.2, -0.15) is 0 Å². The number of ketones is 1. The predicted molar refractivity (Wildman–Crippen MR) is 66.5 cm³/mol. The van der Waals surface area contributed by atoms with E-state index in [1.54, 1.807) is 0 Å². The quantitative estimate of drug-likeness (QED) is 0.818. The van der Waals surface area contributed by atoms with Crippen molar-refractivity contribution in [1.82, 2.24) is 5.32 Å². The second-order valence-electron chi connectivity index (χ2n) is 5.73. The molecule has 2 fully saturated rings. The van der Waals surface area contributed by atoms with Crippen molar-refractivity contribution in [2.75, 3.05) is 6.54 Å². The molecule has 3 atom stereocenters. The highest BCUT2D eigenvalue weighted by molar-refractivity contribution is 5.85. The van der Waals surface area contributed by atoms with Gasteiger partial charge in [-0.05, 0) is 38.0 Å². The molecule has 1 amide bonds. The Morgan fingerprint density at radius 2 is 1.76 bits per heavy atom. The van der Waals surface area contributed by atoms with Crippen LogP contribution in [0.25, 0.3) is 0 Å². The molecule has 0 bridgehead atoms. The average molecular weight is 237 g/mol. The van der Waals surface area contributed by atoms with Crippen LogP contribution in [-0.2, 0) is 9.59 Å². The number of nitrogens with one attached hydrogen (secondary N) is 1. The van der Waals surface area contributed by atoms with Gasteiger partial charge in [-0.3, -0.25) is 9.59 Å². The number of carbonyl (C=O) groups excluding carboxylic acids is 2. The van der Waals surface area contributed by atoms with Gasteiger partial charge in [0.1, 0.15) is 5.78 Å². The second-order valence-corrected chi connectivity index (χ2v) is 5.73. The first kappa shape index (κ1) is 12.6. The summed E-state index contributed by atoms with van der Waals surface area (Å²) < 4.78 is 0. The molecule has 2 rings (SSSR count). The summed E-state index contributed by atoms with van der Waals surface area (Å²) in [5.41, 5.74) is 0. The molecule has 2 aliphatic carbocycles. The number of carbonyl (C=O) groups is 2. The molecule has 0 heterocycles. The highest BCUT2D eigenvalue weighted by Gasteiger charge is 2.34. The van der Waals surface area contributed by atoms with Gasteiger partial charge in [0, 0.05) is 5.92 Å². The molecule has 2 aliphatic rings. The molecule has 0 radical (unpaired) electrons. The SMILES string of the molecule is CC(=O)CNC(=O)C1CCC2CCCCC2C1. The zero-order chi connectivity index (χ0) is 12.3. The topological polar surface area (TPSA) is 46.2 Å². The number of rotatable bonds is 3. The smallest absolute Gasteiger partial charge is 0.223 e. The Bertz CT molecular complexity index is 301. The van der Waals surface area contributed by atoms with Crippen molar-refractivity contribution < 1.29 is 9.59 Å². The van der Waals surface area contributed by atoms with E-state index >= 15 is 0 Å². The Labute approximate surface area is 103 Å². The lowest BCUT2D eigenvalue weighted by atomic mass is 9.67. The predicted octanol–water partition coefficient (Wildman–Crippen LogP) is 2.30. The van der Waals surface area contributed by atoms with E-state index in [4.69, 9.17) is 0 Å². The van der Waals surface area contributed by atoms with Crippen LogP contribution in [0.4, 0.5) is 0 Å². The Hall–Kier alpha value is -0.860. The van der Waals surface area contributed by atoms with E-state index in [-0.39, 0.29) is 24.2 Å². The van der Waals surface area contributed by atoms with Crippen LogP contribution in [0.2, 0.25) is 0 Å². The van der Waals surface area contributed by atoms with Crippen LogP contribution >= 0.6 is 0 Å². The lowest BCUT2D eigenvalue weighted by molar-refractivity contribution is -0.129. The van der Waals surface area contributed by atoms with Crippen molar-refractivity contribution in [3.8, 4) is 0 Å². The summed E-state index contributed by atoms with van der Waals surface area (Å²) in [5.74, 6) is 1.94. The number of Topliss-reactive ketones (excluding diaryl/α,β-unsaturated/α-hetero) is 1. The average Bonchev–Trinajstić information content (AvgIpc) is 2.35. The van der Waals surface area contributed by atoms with Crippen molar-refractivity contribution in [2.45, 2.75) is 51.9 Å². The van der Waals surface area contributed by atoms with Crippen LogP contribution in [0.5, 0.6) is 0 Å². The van der Waals surface area contributed by atoms with Gasteiger partial charge >= 0.3 is 0 Å². The molecule has 3 nitrogen and oxygen atoms in total. The fraction of sp³-hybridized carbons (Fsp3) is 0.857. The molecular weight excluding hydrogens is 214 g/mol. The van der Waals surface area contributed by atoms with E-state index < -0.39 is 0 Å². The molecule has 0 aliphatic heterocycles. The van der Waals surface area contributed by atoms with Crippen LogP contribution < -0.4 is 5.32 Å². The molecule has 0 spiro atoms. The van der Waals surface area contributed by atoms with Gasteiger partial charge in [0.2, 0.25) is 5.91 Å². The van der Waals surface area contributed by atoms with Gasteiger partial charge in [0.15, 0.2) is 0 Å². The standard InChI is InChI=1S/C14H23NO2/c1-10(16)9-15-14(17)13-7-6-11-4-2-3-5-12(11)8-13/h11-13H,2-9H2,1H3,(H,15,17). The fourth-order valence-electron chi connectivity index (χ4n) is 3.47. The number of hydrogen-bond donors (Lipinski definition) is 1. The van der Waals surface area contributed by atoms with Crippen molar-refractivity contribution in [3.63, 3.8) is 0 Å². The van der Waals surface area contributed by atoms with E-state index in [9.17, 15) is 9.59 Å². The molecule has 2 saturated carbocycles. The second kappa shape index (κ2) is 5.65. The van der Waals surface area contributed by atoms with Gasteiger partial charge in [0.05, 0.1) is 6.54 Å². The highest BCUT2D eigenvalue weighted by atomic mass is 16.2. The number of fused-ring (bicyclic) bond motifs is 1. The van der Waals surface area contributed by atoms with E-state index in [2.05, 4.69) is 5.32 Å². The summed E-state index contributed by atoms with van der Waals surface area (Å²) in [4.78, 5) is 22.8. The minimum Gasteiger partial charge on any atom is -0.349 e. The van der Waals surface area contributed by atoms with E-state index in [1.165, 1.54) is 39.0 Å². The van der Waals surface area contributed by atoms with Gasteiger partial charge < -0.3 is 5.32 Å². The molecule has 96 valence electrons. The van der Waals surface area contributed by atoms with E-state index in [0.717, 1.165) is 24.7 Å². The summed E-state index contributed by atoms with van der Waals surface area (Å²) in [5, 5.41) is 2.76. The molecule has 0 saturated heterocycles. The Morgan fingerprint density at radius 1 is 1.06 bits per heavy atom. The maximum absolute atomic E-state index is 11.9. The summed E-state index contributed by atoms with van der Waals surface area (Å²) in [7, 11) is 0. The lowest BCUT2D eigenvalue weighted by Crippen LogP contribution is -2.38. The van der Waals surface area contributed by atoms with Crippen molar-refractivity contribution in [3.05, 3.63) is 0 Å². The first-order valence-corrected chi connectivity index (χ1v) is 6.94. The summed E-state index contributed by atoms with van der Waals surface area (Å²) in [6.07, 6.45) is 8.67. The third kappa shape index (κ3) is 3.30. The van der Waals surface area contributed by atoms with Gasteiger partial charge in [0.25, 0.3) is 0 Å². The first-order chi connectivity index (χ1) is 8.16. The van der Waals surface area contributed by atoms with Crippen molar-refractivity contribution in [2.24, 2.45) is 17.8 Å². The Morgan fingerprint density at radius 3 is 2.47 bits per heavy atom. The maximum Gasteiger partial charge on any atom is 0.223 e. The number of hydrogen-bond acceptors (Lipinski definition) is 2. The zero-order valence-corrected chi connectivity index (χ0v) is 10.7. The van der Waals surface area contributed by atoms with Gasteiger partial charge in [-0.1, -0.05) is 25.7 Å². The number of amides is 1. The zero-order valence-electron chi connectivity index (χ0n) is 10.7. The molecule has 3 heteroatoms. The monoisotopic (exact) mass is 237 g/mol. The minimum absolute atomic E-state index is 0.0321. The van der Waals surface area contributed by atoms with Crippen LogP contribution in [0.1, 0.15) is 51.9 Å².